The van der Waals surface area contributed by atoms with E-state index in [1.807, 2.05) is 0 Å². The van der Waals surface area contributed by atoms with Crippen LogP contribution in [0.25, 0.3) is 0 Å². The number of halogens is 1. The van der Waals surface area contributed by atoms with E-state index in [0.29, 0.717) is 6.04 Å². The SMILES string of the molecule is CC(C)N1CCC2=CC(Nc3ccc(F)cc3)=C(C=N)CC2(C)C1. The highest BCUT2D eigenvalue weighted by molar-refractivity contribution is 5.80. The second-order valence-corrected chi connectivity index (χ2v) is 7.44. The summed E-state index contributed by atoms with van der Waals surface area (Å²) in [6.45, 7) is 8.93. The Kier molecular flexibility index (Phi) is 4.59. The summed E-state index contributed by atoms with van der Waals surface area (Å²) in [5.41, 5.74) is 4.39. The van der Waals surface area contributed by atoms with Gasteiger partial charge in [0.05, 0.1) is 0 Å². The molecule has 0 spiro atoms. The van der Waals surface area contributed by atoms with Gasteiger partial charge in [-0.1, -0.05) is 12.5 Å². The van der Waals surface area contributed by atoms with Gasteiger partial charge in [-0.15, -0.1) is 0 Å². The summed E-state index contributed by atoms with van der Waals surface area (Å²) >= 11 is 0. The number of hydrogen-bond acceptors (Lipinski definition) is 3. The Morgan fingerprint density at radius 3 is 2.62 bits per heavy atom. The molecule has 128 valence electrons. The third-order valence-corrected chi connectivity index (χ3v) is 5.27. The fraction of sp³-hybridized carbons (Fsp3) is 0.450. The fourth-order valence-electron chi connectivity index (χ4n) is 3.77. The zero-order chi connectivity index (χ0) is 17.3. The van der Waals surface area contributed by atoms with E-state index in [2.05, 4.69) is 37.1 Å². The van der Waals surface area contributed by atoms with Crippen molar-refractivity contribution >= 4 is 11.9 Å². The van der Waals surface area contributed by atoms with Gasteiger partial charge in [0.15, 0.2) is 0 Å². The third-order valence-electron chi connectivity index (χ3n) is 5.27. The van der Waals surface area contributed by atoms with Crippen LogP contribution in [0.2, 0.25) is 0 Å². The Morgan fingerprint density at radius 2 is 2.00 bits per heavy atom. The molecule has 1 saturated heterocycles. The van der Waals surface area contributed by atoms with Crippen molar-refractivity contribution in [1.29, 1.82) is 5.41 Å². The molecule has 0 bridgehead atoms. The van der Waals surface area contributed by atoms with Crippen LogP contribution in [0.3, 0.4) is 0 Å². The summed E-state index contributed by atoms with van der Waals surface area (Å²) in [4.78, 5) is 2.53. The van der Waals surface area contributed by atoms with Gasteiger partial charge in [-0.05, 0) is 62.6 Å². The van der Waals surface area contributed by atoms with E-state index in [-0.39, 0.29) is 11.2 Å². The first kappa shape index (κ1) is 16.9. The monoisotopic (exact) mass is 327 g/mol. The molecule has 1 aromatic rings. The van der Waals surface area contributed by atoms with Crippen LogP contribution in [-0.4, -0.2) is 30.2 Å². The van der Waals surface area contributed by atoms with Crippen molar-refractivity contribution in [3.63, 3.8) is 0 Å². The smallest absolute Gasteiger partial charge is 0.123 e. The second-order valence-electron chi connectivity index (χ2n) is 7.44. The number of piperidine rings is 1. The quantitative estimate of drug-likeness (QED) is 0.794. The Balaban J connectivity index is 1.86. The summed E-state index contributed by atoms with van der Waals surface area (Å²) in [5, 5.41) is 11.2. The molecule has 3 rings (SSSR count). The number of hydrogen-bond donors (Lipinski definition) is 2. The van der Waals surface area contributed by atoms with Crippen LogP contribution in [0, 0.1) is 16.6 Å². The van der Waals surface area contributed by atoms with Crippen LogP contribution in [-0.2, 0) is 0 Å². The maximum absolute atomic E-state index is 13.1. The van der Waals surface area contributed by atoms with E-state index in [9.17, 15) is 4.39 Å². The van der Waals surface area contributed by atoms with Crippen molar-refractivity contribution in [2.45, 2.75) is 39.7 Å². The third kappa shape index (κ3) is 3.29. The molecule has 0 saturated carbocycles. The molecule has 1 aromatic carbocycles. The van der Waals surface area contributed by atoms with Gasteiger partial charge >= 0.3 is 0 Å². The number of nitrogens with zero attached hydrogens (tertiary/aromatic N) is 1. The van der Waals surface area contributed by atoms with Gasteiger partial charge in [0, 0.05) is 42.1 Å². The van der Waals surface area contributed by atoms with E-state index in [1.54, 1.807) is 12.1 Å². The van der Waals surface area contributed by atoms with E-state index >= 15 is 0 Å². The molecule has 0 aromatic heterocycles. The van der Waals surface area contributed by atoms with Crippen LogP contribution in [0.4, 0.5) is 10.1 Å². The van der Waals surface area contributed by atoms with Crippen LogP contribution in [0.5, 0.6) is 0 Å². The first-order valence-corrected chi connectivity index (χ1v) is 8.62. The average Bonchev–Trinajstić information content (AvgIpc) is 2.55. The molecule has 24 heavy (non-hydrogen) atoms. The van der Waals surface area contributed by atoms with Crippen molar-refractivity contribution in [1.82, 2.24) is 4.90 Å². The lowest BCUT2D eigenvalue weighted by Gasteiger charge is -2.46. The number of fused-ring (bicyclic) bond motifs is 1. The minimum atomic E-state index is -0.238. The molecule has 0 amide bonds. The lowest BCUT2D eigenvalue weighted by Crippen LogP contribution is -2.47. The topological polar surface area (TPSA) is 39.1 Å². The van der Waals surface area contributed by atoms with E-state index in [1.165, 1.54) is 23.9 Å². The predicted molar refractivity (Wildman–Crippen MR) is 98.0 cm³/mol. The second kappa shape index (κ2) is 6.52. The molecule has 0 radical (unpaired) electrons. The molecule has 2 aliphatic rings. The molecule has 4 heteroatoms. The fourth-order valence-corrected chi connectivity index (χ4v) is 3.77. The number of anilines is 1. The number of allylic oxidation sites excluding steroid dienone is 2. The molecule has 1 fully saturated rings. The summed E-state index contributed by atoms with van der Waals surface area (Å²) < 4.78 is 13.1. The van der Waals surface area contributed by atoms with E-state index < -0.39 is 0 Å². The first-order chi connectivity index (χ1) is 11.4. The Morgan fingerprint density at radius 1 is 1.29 bits per heavy atom. The van der Waals surface area contributed by atoms with Crippen LogP contribution in [0.15, 0.2) is 47.2 Å². The average molecular weight is 327 g/mol. The molecule has 3 nitrogen and oxygen atoms in total. The van der Waals surface area contributed by atoms with Crippen LogP contribution < -0.4 is 5.32 Å². The van der Waals surface area contributed by atoms with E-state index in [4.69, 9.17) is 5.41 Å². The van der Waals surface area contributed by atoms with Gasteiger partial charge < -0.3 is 10.7 Å². The number of likely N-dealkylation sites (tertiary alicyclic amines) is 1. The number of nitrogens with one attached hydrogen (secondary N) is 2. The van der Waals surface area contributed by atoms with Gasteiger partial charge in [-0.2, -0.15) is 0 Å². The number of rotatable bonds is 4. The van der Waals surface area contributed by atoms with Gasteiger partial charge in [-0.3, -0.25) is 4.90 Å². The summed E-state index contributed by atoms with van der Waals surface area (Å²) in [7, 11) is 0. The minimum absolute atomic E-state index is 0.101. The van der Waals surface area contributed by atoms with Crippen molar-refractivity contribution in [2.24, 2.45) is 5.41 Å². The maximum Gasteiger partial charge on any atom is 0.123 e. The Labute approximate surface area is 143 Å². The zero-order valence-electron chi connectivity index (χ0n) is 14.7. The van der Waals surface area contributed by atoms with Crippen molar-refractivity contribution in [3.8, 4) is 0 Å². The molecule has 1 aliphatic heterocycles. The van der Waals surface area contributed by atoms with Gasteiger partial charge in [0.2, 0.25) is 0 Å². The van der Waals surface area contributed by atoms with Crippen LogP contribution >= 0.6 is 0 Å². The molecule has 1 heterocycles. The Hall–Kier alpha value is -1.94. The largest absolute Gasteiger partial charge is 0.355 e. The summed E-state index contributed by atoms with van der Waals surface area (Å²) in [6, 6.07) is 6.92. The van der Waals surface area contributed by atoms with Crippen molar-refractivity contribution in [3.05, 3.63) is 53.0 Å². The first-order valence-electron chi connectivity index (χ1n) is 8.62. The van der Waals surface area contributed by atoms with Gasteiger partial charge in [0.1, 0.15) is 5.82 Å². The summed E-state index contributed by atoms with van der Waals surface area (Å²) in [6.07, 6.45) is 5.60. The highest BCUT2D eigenvalue weighted by Crippen LogP contribution is 2.44. The minimum Gasteiger partial charge on any atom is -0.355 e. The van der Waals surface area contributed by atoms with Crippen molar-refractivity contribution < 1.29 is 4.39 Å². The van der Waals surface area contributed by atoms with Crippen LogP contribution in [0.1, 0.15) is 33.6 Å². The molecule has 1 unspecified atom stereocenters. The highest BCUT2D eigenvalue weighted by atomic mass is 19.1. The predicted octanol–water partition coefficient (Wildman–Crippen LogP) is 4.59. The molecule has 2 N–H and O–H groups in total. The molecular formula is C20H26FN3. The number of benzene rings is 1. The summed E-state index contributed by atoms with van der Waals surface area (Å²) in [5.74, 6) is -0.238. The van der Waals surface area contributed by atoms with E-state index in [0.717, 1.165) is 42.9 Å². The highest BCUT2D eigenvalue weighted by Gasteiger charge is 2.39. The molecule has 1 aliphatic carbocycles. The normalized spacial score (nSPS) is 24.6. The molecule has 1 atom stereocenters. The van der Waals surface area contributed by atoms with Gasteiger partial charge in [0.25, 0.3) is 0 Å². The lowest BCUT2D eigenvalue weighted by molar-refractivity contribution is 0.121. The maximum atomic E-state index is 13.1. The lowest BCUT2D eigenvalue weighted by atomic mass is 9.69. The molecular weight excluding hydrogens is 301 g/mol. The zero-order valence-corrected chi connectivity index (χ0v) is 14.7. The van der Waals surface area contributed by atoms with Crippen molar-refractivity contribution in [2.75, 3.05) is 18.4 Å². The Bertz CT molecular complexity index is 687. The standard InChI is InChI=1S/C20H26FN3/c1-14(2)24-9-8-16-10-19(15(12-22)11-20(16,3)13-24)23-18-6-4-17(21)5-7-18/h4-7,10,12,14,22-23H,8-9,11,13H2,1-3H3. The van der Waals surface area contributed by atoms with Gasteiger partial charge in [-0.25, -0.2) is 4.39 Å².